The highest BCUT2D eigenvalue weighted by atomic mass is 35.5. The standard InChI is InChI=1S/C22H33ClO2/c1-19(2)17-8-11-21(10-6-14-23)9-5-4-7-18(21)20(17,3)12-13-22(19)24-15-16-25-22/h6-7,10,17H,4-5,8-9,11-16H2,1-3H3/b10-6-/t17-,20-,21-/m0/s1. The van der Waals surface area contributed by atoms with E-state index in [1.54, 1.807) is 5.57 Å². The Balaban J connectivity index is 1.75. The minimum atomic E-state index is -0.363. The summed E-state index contributed by atoms with van der Waals surface area (Å²) in [6.07, 6.45) is 15.7. The van der Waals surface area contributed by atoms with Gasteiger partial charge in [-0.1, -0.05) is 44.6 Å². The number of alkyl halides is 1. The fraction of sp³-hybridized carbons (Fsp3) is 0.818. The molecule has 3 fully saturated rings. The van der Waals surface area contributed by atoms with Gasteiger partial charge in [-0.3, -0.25) is 0 Å². The molecular weight excluding hydrogens is 332 g/mol. The molecule has 3 heteroatoms. The Labute approximate surface area is 158 Å². The third-order valence-electron chi connectivity index (χ3n) is 8.08. The maximum atomic E-state index is 6.24. The highest BCUT2D eigenvalue weighted by Gasteiger charge is 2.65. The first kappa shape index (κ1) is 18.1. The van der Waals surface area contributed by atoms with Crippen LogP contribution < -0.4 is 0 Å². The number of allylic oxidation sites excluding steroid dienone is 4. The molecule has 0 bridgehead atoms. The average molecular weight is 365 g/mol. The Bertz CT molecular complexity index is 587. The molecule has 3 atom stereocenters. The molecule has 140 valence electrons. The second-order valence-electron chi connectivity index (χ2n) is 9.40. The second-order valence-corrected chi connectivity index (χ2v) is 9.71. The van der Waals surface area contributed by atoms with Gasteiger partial charge in [0.15, 0.2) is 5.79 Å². The highest BCUT2D eigenvalue weighted by molar-refractivity contribution is 6.18. The summed E-state index contributed by atoms with van der Waals surface area (Å²) in [5, 5.41) is 0. The van der Waals surface area contributed by atoms with Crippen molar-refractivity contribution in [3.63, 3.8) is 0 Å². The summed E-state index contributed by atoms with van der Waals surface area (Å²) in [5.41, 5.74) is 2.23. The fourth-order valence-electron chi connectivity index (χ4n) is 6.95. The molecule has 0 unspecified atom stereocenters. The SMILES string of the molecule is CC1(C)[C@@H]2CC[C@@]3(/C=C\CCl)CCCC=C3[C@@]2(C)CCC12OCCO2. The van der Waals surface area contributed by atoms with Crippen LogP contribution in [0.2, 0.25) is 0 Å². The van der Waals surface area contributed by atoms with E-state index < -0.39 is 0 Å². The van der Waals surface area contributed by atoms with Crippen molar-refractivity contribution in [2.75, 3.05) is 19.1 Å². The number of hydrogen-bond acceptors (Lipinski definition) is 2. The number of fused-ring (bicyclic) bond motifs is 3. The summed E-state index contributed by atoms with van der Waals surface area (Å²) >= 11 is 6.01. The van der Waals surface area contributed by atoms with E-state index in [-0.39, 0.29) is 22.0 Å². The molecule has 0 aromatic heterocycles. The van der Waals surface area contributed by atoms with Crippen LogP contribution in [0.25, 0.3) is 0 Å². The van der Waals surface area contributed by atoms with Crippen LogP contribution in [0.5, 0.6) is 0 Å². The Morgan fingerprint density at radius 1 is 1.12 bits per heavy atom. The van der Waals surface area contributed by atoms with Gasteiger partial charge in [-0.25, -0.2) is 0 Å². The van der Waals surface area contributed by atoms with Crippen molar-refractivity contribution in [1.82, 2.24) is 0 Å². The minimum absolute atomic E-state index is 0.0388. The molecule has 0 radical (unpaired) electrons. The molecule has 2 nitrogen and oxygen atoms in total. The largest absolute Gasteiger partial charge is 0.347 e. The lowest BCUT2D eigenvalue weighted by atomic mass is 9.42. The molecule has 25 heavy (non-hydrogen) atoms. The van der Waals surface area contributed by atoms with E-state index in [0.29, 0.717) is 11.8 Å². The topological polar surface area (TPSA) is 18.5 Å². The highest BCUT2D eigenvalue weighted by Crippen LogP contribution is 2.69. The first-order valence-corrected chi connectivity index (χ1v) is 10.7. The molecule has 0 aromatic rings. The molecule has 1 saturated heterocycles. The van der Waals surface area contributed by atoms with Gasteiger partial charge >= 0.3 is 0 Å². The minimum Gasteiger partial charge on any atom is -0.347 e. The van der Waals surface area contributed by atoms with Gasteiger partial charge in [0, 0.05) is 23.1 Å². The molecule has 3 aliphatic carbocycles. The van der Waals surface area contributed by atoms with Crippen LogP contribution >= 0.6 is 11.6 Å². The van der Waals surface area contributed by atoms with Crippen LogP contribution in [0.1, 0.15) is 65.7 Å². The molecule has 2 saturated carbocycles. The number of hydrogen-bond donors (Lipinski definition) is 0. The van der Waals surface area contributed by atoms with Gasteiger partial charge in [0.1, 0.15) is 0 Å². The van der Waals surface area contributed by atoms with E-state index in [9.17, 15) is 0 Å². The lowest BCUT2D eigenvalue weighted by Crippen LogP contribution is -2.61. The fourth-order valence-corrected chi connectivity index (χ4v) is 7.04. The van der Waals surface area contributed by atoms with E-state index in [1.165, 1.54) is 38.5 Å². The Kier molecular flexibility index (Phi) is 4.41. The van der Waals surface area contributed by atoms with Crippen LogP contribution in [-0.2, 0) is 9.47 Å². The normalized spacial score (nSPS) is 42.2. The second kappa shape index (κ2) is 6.11. The van der Waals surface area contributed by atoms with Gasteiger partial charge in [-0.2, -0.15) is 0 Å². The number of ether oxygens (including phenoxy) is 2. The van der Waals surface area contributed by atoms with Crippen molar-refractivity contribution < 1.29 is 9.47 Å². The van der Waals surface area contributed by atoms with Gasteiger partial charge in [-0.05, 0) is 49.9 Å². The molecule has 0 amide bonds. The summed E-state index contributed by atoms with van der Waals surface area (Å²) in [5.74, 6) is 0.859. The first-order chi connectivity index (χ1) is 11.9. The molecule has 0 N–H and O–H groups in total. The summed E-state index contributed by atoms with van der Waals surface area (Å²) in [6, 6.07) is 0. The van der Waals surface area contributed by atoms with Crippen molar-refractivity contribution in [2.45, 2.75) is 71.5 Å². The van der Waals surface area contributed by atoms with E-state index in [2.05, 4.69) is 39.0 Å². The van der Waals surface area contributed by atoms with Gasteiger partial charge in [0.05, 0.1) is 13.2 Å². The maximum absolute atomic E-state index is 6.24. The first-order valence-electron chi connectivity index (χ1n) is 10.1. The van der Waals surface area contributed by atoms with Crippen LogP contribution in [0, 0.1) is 22.2 Å². The third-order valence-corrected chi connectivity index (χ3v) is 8.26. The van der Waals surface area contributed by atoms with Crippen molar-refractivity contribution in [1.29, 1.82) is 0 Å². The smallest absolute Gasteiger partial charge is 0.173 e. The monoisotopic (exact) mass is 364 g/mol. The maximum Gasteiger partial charge on any atom is 0.173 e. The predicted molar refractivity (Wildman–Crippen MR) is 103 cm³/mol. The summed E-state index contributed by atoms with van der Waals surface area (Å²) in [4.78, 5) is 0. The van der Waals surface area contributed by atoms with Gasteiger partial charge in [-0.15, -0.1) is 11.6 Å². The van der Waals surface area contributed by atoms with Crippen LogP contribution in [-0.4, -0.2) is 24.9 Å². The lowest BCUT2D eigenvalue weighted by Gasteiger charge is -2.64. The summed E-state index contributed by atoms with van der Waals surface area (Å²) in [7, 11) is 0. The van der Waals surface area contributed by atoms with E-state index in [0.717, 1.165) is 19.6 Å². The van der Waals surface area contributed by atoms with Crippen LogP contribution in [0.3, 0.4) is 0 Å². The zero-order chi connectivity index (χ0) is 17.8. The van der Waals surface area contributed by atoms with Crippen molar-refractivity contribution in [2.24, 2.45) is 22.2 Å². The zero-order valence-corrected chi connectivity index (χ0v) is 16.8. The Morgan fingerprint density at radius 3 is 2.60 bits per heavy atom. The molecule has 1 aliphatic heterocycles. The average Bonchev–Trinajstić information content (AvgIpc) is 3.08. The van der Waals surface area contributed by atoms with Crippen LogP contribution in [0.4, 0.5) is 0 Å². The van der Waals surface area contributed by atoms with E-state index >= 15 is 0 Å². The van der Waals surface area contributed by atoms with Gasteiger partial charge < -0.3 is 9.47 Å². The van der Waals surface area contributed by atoms with E-state index in [1.807, 2.05) is 0 Å². The Morgan fingerprint density at radius 2 is 1.88 bits per heavy atom. The molecule has 1 heterocycles. The molecule has 0 aromatic carbocycles. The molecular formula is C22H33ClO2. The molecule has 4 aliphatic rings. The van der Waals surface area contributed by atoms with Gasteiger partial charge in [0.25, 0.3) is 0 Å². The van der Waals surface area contributed by atoms with E-state index in [4.69, 9.17) is 21.1 Å². The predicted octanol–water partition coefficient (Wildman–Crippen LogP) is 5.86. The zero-order valence-electron chi connectivity index (χ0n) is 16.1. The number of halogens is 1. The van der Waals surface area contributed by atoms with Crippen molar-refractivity contribution in [3.05, 3.63) is 23.8 Å². The summed E-state index contributed by atoms with van der Waals surface area (Å²) < 4.78 is 12.5. The van der Waals surface area contributed by atoms with Crippen molar-refractivity contribution >= 4 is 11.6 Å². The van der Waals surface area contributed by atoms with Crippen LogP contribution in [0.15, 0.2) is 23.8 Å². The van der Waals surface area contributed by atoms with Gasteiger partial charge in [0.2, 0.25) is 0 Å². The summed E-state index contributed by atoms with van der Waals surface area (Å²) in [6.45, 7) is 8.81. The molecule has 4 rings (SSSR count). The quantitative estimate of drug-likeness (QED) is 0.451. The third kappa shape index (κ3) is 2.43. The number of rotatable bonds is 2. The Hall–Kier alpha value is -0.310. The molecule has 1 spiro atoms. The lowest BCUT2D eigenvalue weighted by molar-refractivity contribution is -0.284. The van der Waals surface area contributed by atoms with Crippen molar-refractivity contribution in [3.8, 4) is 0 Å².